The number of nitriles is 1. The van der Waals surface area contributed by atoms with E-state index < -0.39 is 5.91 Å². The number of carbonyl (C=O) groups excluding carboxylic acids is 1. The number of hydrogen-bond donors (Lipinski definition) is 2. The van der Waals surface area contributed by atoms with Crippen molar-refractivity contribution in [2.75, 3.05) is 6.61 Å². The summed E-state index contributed by atoms with van der Waals surface area (Å²) in [4.78, 5) is 11.6. The lowest BCUT2D eigenvalue weighted by Crippen LogP contribution is -2.24. The molecule has 0 aliphatic rings. The van der Waals surface area contributed by atoms with E-state index in [1.807, 2.05) is 6.07 Å². The normalized spacial score (nSPS) is 10.1. The van der Waals surface area contributed by atoms with Gasteiger partial charge >= 0.3 is 0 Å². The number of para-hydroxylation sites is 2. The van der Waals surface area contributed by atoms with Gasteiger partial charge in [0.05, 0.1) is 11.8 Å². The van der Waals surface area contributed by atoms with Crippen molar-refractivity contribution in [2.24, 2.45) is 5.10 Å². The molecule has 1 amide bonds. The van der Waals surface area contributed by atoms with Crippen molar-refractivity contribution in [3.05, 3.63) is 59.7 Å². The second-order valence-electron chi connectivity index (χ2n) is 4.25. The molecule has 0 aliphatic heterocycles. The van der Waals surface area contributed by atoms with E-state index in [-0.39, 0.29) is 12.4 Å². The molecular formula is C16H13N3O3. The monoisotopic (exact) mass is 295 g/mol. The van der Waals surface area contributed by atoms with Gasteiger partial charge in [0.1, 0.15) is 17.6 Å². The molecule has 6 nitrogen and oxygen atoms in total. The Balaban J connectivity index is 1.86. The molecule has 0 spiro atoms. The molecule has 110 valence electrons. The first kappa shape index (κ1) is 15.1. The Kier molecular flexibility index (Phi) is 5.10. The average molecular weight is 295 g/mol. The molecule has 0 unspecified atom stereocenters. The third kappa shape index (κ3) is 4.08. The molecule has 22 heavy (non-hydrogen) atoms. The largest absolute Gasteiger partial charge is 0.507 e. The van der Waals surface area contributed by atoms with E-state index in [1.165, 1.54) is 12.3 Å². The van der Waals surface area contributed by atoms with Crippen LogP contribution in [-0.2, 0) is 4.79 Å². The van der Waals surface area contributed by atoms with E-state index in [1.54, 1.807) is 42.5 Å². The Morgan fingerprint density at radius 2 is 2.00 bits per heavy atom. The predicted molar refractivity (Wildman–Crippen MR) is 80.5 cm³/mol. The minimum Gasteiger partial charge on any atom is -0.507 e. The molecule has 0 aliphatic carbocycles. The first-order valence-corrected chi connectivity index (χ1v) is 6.42. The second-order valence-corrected chi connectivity index (χ2v) is 4.25. The number of phenolic OH excluding ortho intramolecular Hbond substituents is 1. The number of hydrogen-bond acceptors (Lipinski definition) is 5. The van der Waals surface area contributed by atoms with E-state index in [0.29, 0.717) is 16.9 Å². The lowest BCUT2D eigenvalue weighted by atomic mass is 10.2. The lowest BCUT2D eigenvalue weighted by Gasteiger charge is -2.06. The van der Waals surface area contributed by atoms with Crippen molar-refractivity contribution in [1.29, 1.82) is 5.26 Å². The van der Waals surface area contributed by atoms with Crippen molar-refractivity contribution in [1.82, 2.24) is 5.43 Å². The number of amides is 1. The topological polar surface area (TPSA) is 94.7 Å². The van der Waals surface area contributed by atoms with Crippen LogP contribution in [-0.4, -0.2) is 23.8 Å². The van der Waals surface area contributed by atoms with Crippen LogP contribution >= 0.6 is 0 Å². The fourth-order valence-corrected chi connectivity index (χ4v) is 1.63. The zero-order valence-corrected chi connectivity index (χ0v) is 11.6. The molecule has 2 aromatic rings. The van der Waals surface area contributed by atoms with E-state index in [0.717, 1.165) is 0 Å². The number of hydrazone groups is 1. The van der Waals surface area contributed by atoms with Crippen molar-refractivity contribution in [3.8, 4) is 17.6 Å². The van der Waals surface area contributed by atoms with Crippen LogP contribution in [0.1, 0.15) is 11.1 Å². The van der Waals surface area contributed by atoms with Crippen LogP contribution in [0.15, 0.2) is 53.6 Å². The van der Waals surface area contributed by atoms with Gasteiger partial charge in [0, 0.05) is 5.56 Å². The third-order valence-corrected chi connectivity index (χ3v) is 2.70. The summed E-state index contributed by atoms with van der Waals surface area (Å²) in [5.41, 5.74) is 3.12. The summed E-state index contributed by atoms with van der Waals surface area (Å²) in [6, 6.07) is 15.2. The Hall–Kier alpha value is -3.33. The summed E-state index contributed by atoms with van der Waals surface area (Å²) in [5.74, 6) is -0.0658. The van der Waals surface area contributed by atoms with Gasteiger partial charge in [-0.05, 0) is 24.3 Å². The molecule has 0 atom stereocenters. The highest BCUT2D eigenvalue weighted by Crippen LogP contribution is 2.16. The Bertz CT molecular complexity index is 735. The first-order valence-electron chi connectivity index (χ1n) is 6.42. The van der Waals surface area contributed by atoms with E-state index in [2.05, 4.69) is 10.5 Å². The van der Waals surface area contributed by atoms with Crippen LogP contribution in [0.3, 0.4) is 0 Å². The smallest absolute Gasteiger partial charge is 0.277 e. The number of rotatable bonds is 5. The molecule has 0 aromatic heterocycles. The van der Waals surface area contributed by atoms with Gasteiger partial charge in [-0.2, -0.15) is 10.4 Å². The van der Waals surface area contributed by atoms with Crippen LogP contribution in [0.5, 0.6) is 11.5 Å². The zero-order chi connectivity index (χ0) is 15.8. The predicted octanol–water partition coefficient (Wildman–Crippen LogP) is 1.79. The second kappa shape index (κ2) is 7.45. The maximum atomic E-state index is 11.6. The molecule has 0 heterocycles. The van der Waals surface area contributed by atoms with Gasteiger partial charge in [0.25, 0.3) is 5.91 Å². The molecule has 0 saturated heterocycles. The van der Waals surface area contributed by atoms with Gasteiger partial charge in [-0.15, -0.1) is 0 Å². The number of ether oxygens (including phenoxy) is 1. The SMILES string of the molecule is N#Cc1ccccc1OCC(=O)N/N=C\c1ccccc1O. The van der Waals surface area contributed by atoms with Crippen LogP contribution in [0, 0.1) is 11.3 Å². The Labute approximate surface area is 127 Å². The zero-order valence-electron chi connectivity index (χ0n) is 11.6. The minimum absolute atomic E-state index is 0.0692. The van der Waals surface area contributed by atoms with Gasteiger partial charge in [0.15, 0.2) is 6.61 Å². The molecule has 0 radical (unpaired) electrons. The van der Waals surface area contributed by atoms with Gasteiger partial charge in [-0.1, -0.05) is 24.3 Å². The van der Waals surface area contributed by atoms with Crippen molar-refractivity contribution in [3.63, 3.8) is 0 Å². The van der Waals surface area contributed by atoms with E-state index in [9.17, 15) is 9.90 Å². The summed E-state index contributed by atoms with van der Waals surface area (Å²) >= 11 is 0. The van der Waals surface area contributed by atoms with Crippen molar-refractivity contribution in [2.45, 2.75) is 0 Å². The molecule has 6 heteroatoms. The summed E-state index contributed by atoms with van der Waals surface area (Å²) in [5, 5.41) is 22.2. The highest BCUT2D eigenvalue weighted by molar-refractivity contribution is 5.85. The van der Waals surface area contributed by atoms with Crippen molar-refractivity contribution < 1.29 is 14.6 Å². The number of nitrogens with one attached hydrogen (secondary N) is 1. The third-order valence-electron chi connectivity index (χ3n) is 2.70. The summed E-state index contributed by atoms with van der Waals surface area (Å²) in [6.07, 6.45) is 1.33. The fourth-order valence-electron chi connectivity index (χ4n) is 1.63. The number of phenols is 1. The molecule has 2 N–H and O–H groups in total. The van der Waals surface area contributed by atoms with Gasteiger partial charge in [-0.25, -0.2) is 5.43 Å². The van der Waals surface area contributed by atoms with E-state index in [4.69, 9.17) is 10.00 Å². The lowest BCUT2D eigenvalue weighted by molar-refractivity contribution is -0.123. The van der Waals surface area contributed by atoms with Crippen LogP contribution in [0.25, 0.3) is 0 Å². The number of nitrogens with zero attached hydrogens (tertiary/aromatic N) is 2. The molecule has 0 fully saturated rings. The highest BCUT2D eigenvalue weighted by atomic mass is 16.5. The highest BCUT2D eigenvalue weighted by Gasteiger charge is 2.05. The van der Waals surface area contributed by atoms with Crippen LogP contribution in [0.4, 0.5) is 0 Å². The Morgan fingerprint density at radius 1 is 1.27 bits per heavy atom. The van der Waals surface area contributed by atoms with Gasteiger partial charge < -0.3 is 9.84 Å². The average Bonchev–Trinajstić information content (AvgIpc) is 2.55. The molecule has 0 bridgehead atoms. The van der Waals surface area contributed by atoms with Crippen LogP contribution < -0.4 is 10.2 Å². The summed E-state index contributed by atoms with van der Waals surface area (Å²) in [6.45, 7) is -0.267. The van der Waals surface area contributed by atoms with Crippen molar-refractivity contribution >= 4 is 12.1 Å². The summed E-state index contributed by atoms with van der Waals surface area (Å²) in [7, 11) is 0. The first-order chi connectivity index (χ1) is 10.7. The maximum Gasteiger partial charge on any atom is 0.277 e. The number of carbonyl (C=O) groups is 1. The minimum atomic E-state index is -0.473. The fraction of sp³-hybridized carbons (Fsp3) is 0.0625. The van der Waals surface area contributed by atoms with E-state index >= 15 is 0 Å². The van der Waals surface area contributed by atoms with Gasteiger partial charge in [-0.3, -0.25) is 4.79 Å². The molecule has 2 aromatic carbocycles. The summed E-state index contributed by atoms with van der Waals surface area (Å²) < 4.78 is 5.26. The van der Waals surface area contributed by atoms with Crippen LogP contribution in [0.2, 0.25) is 0 Å². The number of benzene rings is 2. The molecule has 0 saturated carbocycles. The Morgan fingerprint density at radius 3 is 2.77 bits per heavy atom. The molecule has 2 rings (SSSR count). The number of aromatic hydroxyl groups is 1. The molecular weight excluding hydrogens is 282 g/mol. The standard InChI is InChI=1S/C16H13N3O3/c17-9-12-5-2-4-8-15(12)22-11-16(21)19-18-10-13-6-1-3-7-14(13)20/h1-8,10,20H,11H2,(H,19,21)/b18-10-. The van der Waals surface area contributed by atoms with Gasteiger partial charge in [0.2, 0.25) is 0 Å². The quantitative estimate of drug-likeness (QED) is 0.649. The maximum absolute atomic E-state index is 11.6.